The second-order valence-corrected chi connectivity index (χ2v) is 4.21. The summed E-state index contributed by atoms with van der Waals surface area (Å²) < 4.78 is 5.22. The van der Waals surface area contributed by atoms with Crippen molar-refractivity contribution in [1.82, 2.24) is 0 Å². The summed E-state index contributed by atoms with van der Waals surface area (Å²) in [6.45, 7) is 2.01. The number of hydrogen-bond donors (Lipinski definition) is 2. The van der Waals surface area contributed by atoms with Crippen molar-refractivity contribution in [3.63, 3.8) is 0 Å². The minimum atomic E-state index is -0.963. The molecule has 2 N–H and O–H groups in total. The van der Waals surface area contributed by atoms with Crippen LogP contribution in [0.2, 0.25) is 0 Å². The SMILES string of the molecule is COc1ccc(C(=O)O)cc1Nc1ccc(C)cc1. The minimum Gasteiger partial charge on any atom is -0.495 e. The molecule has 4 heteroatoms. The van der Waals surface area contributed by atoms with E-state index in [1.165, 1.54) is 6.07 Å². The highest BCUT2D eigenvalue weighted by atomic mass is 16.5. The summed E-state index contributed by atoms with van der Waals surface area (Å²) >= 11 is 0. The zero-order valence-corrected chi connectivity index (χ0v) is 10.8. The monoisotopic (exact) mass is 257 g/mol. The number of aryl methyl sites for hydroxylation is 1. The third-order valence-electron chi connectivity index (χ3n) is 2.78. The van der Waals surface area contributed by atoms with Crippen LogP contribution < -0.4 is 10.1 Å². The van der Waals surface area contributed by atoms with Crippen LogP contribution in [-0.4, -0.2) is 18.2 Å². The van der Waals surface area contributed by atoms with E-state index in [2.05, 4.69) is 5.32 Å². The Morgan fingerprint density at radius 3 is 2.42 bits per heavy atom. The van der Waals surface area contributed by atoms with Gasteiger partial charge in [0.2, 0.25) is 0 Å². The van der Waals surface area contributed by atoms with Crippen LogP contribution in [0.3, 0.4) is 0 Å². The second-order valence-electron chi connectivity index (χ2n) is 4.21. The summed E-state index contributed by atoms with van der Waals surface area (Å²) in [6.07, 6.45) is 0. The number of rotatable bonds is 4. The predicted octanol–water partition coefficient (Wildman–Crippen LogP) is 3.45. The standard InChI is InChI=1S/C15H15NO3/c1-10-3-6-12(7-4-10)16-13-9-11(15(17)18)5-8-14(13)19-2/h3-9,16H,1-2H3,(H,17,18). The molecule has 0 saturated carbocycles. The number of ether oxygens (including phenoxy) is 1. The summed E-state index contributed by atoms with van der Waals surface area (Å²) in [5.74, 6) is -0.361. The van der Waals surface area contributed by atoms with Gasteiger partial charge in [-0.2, -0.15) is 0 Å². The van der Waals surface area contributed by atoms with Crippen molar-refractivity contribution in [2.75, 3.05) is 12.4 Å². The maximum Gasteiger partial charge on any atom is 0.335 e. The molecule has 0 atom stereocenters. The summed E-state index contributed by atoms with van der Waals surface area (Å²) in [5, 5.41) is 12.2. The van der Waals surface area contributed by atoms with Gasteiger partial charge < -0.3 is 15.2 Å². The summed E-state index contributed by atoms with van der Waals surface area (Å²) in [6, 6.07) is 12.5. The average molecular weight is 257 g/mol. The lowest BCUT2D eigenvalue weighted by atomic mass is 10.1. The third kappa shape index (κ3) is 3.04. The maximum absolute atomic E-state index is 11.0. The number of carbonyl (C=O) groups is 1. The number of aromatic carboxylic acids is 1. The van der Waals surface area contributed by atoms with Crippen molar-refractivity contribution >= 4 is 17.3 Å². The van der Waals surface area contributed by atoms with Gasteiger partial charge in [-0.3, -0.25) is 0 Å². The molecule has 0 aromatic heterocycles. The number of carboxylic acid groups (broad SMARTS) is 1. The lowest BCUT2D eigenvalue weighted by Gasteiger charge is -2.12. The molecule has 0 saturated heterocycles. The molecule has 0 aliphatic carbocycles. The van der Waals surface area contributed by atoms with Gasteiger partial charge in [-0.1, -0.05) is 17.7 Å². The van der Waals surface area contributed by atoms with Crippen molar-refractivity contribution in [3.05, 3.63) is 53.6 Å². The molecular formula is C15H15NO3. The Kier molecular flexibility index (Phi) is 3.71. The number of nitrogens with one attached hydrogen (secondary N) is 1. The maximum atomic E-state index is 11.0. The van der Waals surface area contributed by atoms with Gasteiger partial charge in [0, 0.05) is 5.69 Å². The van der Waals surface area contributed by atoms with Crippen molar-refractivity contribution in [2.45, 2.75) is 6.92 Å². The Bertz CT molecular complexity index is 591. The number of benzene rings is 2. The molecule has 2 aromatic rings. The molecule has 0 unspecified atom stereocenters. The van der Waals surface area contributed by atoms with Gasteiger partial charge >= 0.3 is 5.97 Å². The average Bonchev–Trinajstić information content (AvgIpc) is 2.41. The summed E-state index contributed by atoms with van der Waals surface area (Å²) in [5.41, 5.74) is 2.89. The normalized spacial score (nSPS) is 10.0. The Hall–Kier alpha value is -2.49. The van der Waals surface area contributed by atoms with Crippen LogP contribution in [0.5, 0.6) is 5.75 Å². The molecule has 0 heterocycles. The van der Waals surface area contributed by atoms with Crippen LogP contribution in [0.1, 0.15) is 15.9 Å². The number of carboxylic acids is 1. The van der Waals surface area contributed by atoms with Gasteiger partial charge in [-0.05, 0) is 37.3 Å². The quantitative estimate of drug-likeness (QED) is 0.880. The van der Waals surface area contributed by atoms with Crippen molar-refractivity contribution < 1.29 is 14.6 Å². The molecule has 4 nitrogen and oxygen atoms in total. The largest absolute Gasteiger partial charge is 0.495 e. The van der Waals surface area contributed by atoms with Crippen molar-refractivity contribution in [1.29, 1.82) is 0 Å². The fourth-order valence-corrected chi connectivity index (χ4v) is 1.73. The predicted molar refractivity (Wildman–Crippen MR) is 74.4 cm³/mol. The zero-order valence-electron chi connectivity index (χ0n) is 10.8. The van der Waals surface area contributed by atoms with Gasteiger partial charge in [0.25, 0.3) is 0 Å². The molecule has 0 amide bonds. The number of anilines is 2. The molecule has 0 aliphatic heterocycles. The van der Waals surface area contributed by atoms with E-state index in [-0.39, 0.29) is 5.56 Å². The van der Waals surface area contributed by atoms with E-state index in [0.717, 1.165) is 11.3 Å². The summed E-state index contributed by atoms with van der Waals surface area (Å²) in [7, 11) is 1.55. The highest BCUT2D eigenvalue weighted by Crippen LogP contribution is 2.28. The van der Waals surface area contributed by atoms with Gasteiger partial charge in [0.05, 0.1) is 18.4 Å². The second kappa shape index (κ2) is 5.44. The fraction of sp³-hybridized carbons (Fsp3) is 0.133. The van der Waals surface area contributed by atoms with Crippen LogP contribution in [-0.2, 0) is 0 Å². The van der Waals surface area contributed by atoms with Crippen molar-refractivity contribution in [3.8, 4) is 5.75 Å². The van der Waals surface area contributed by atoms with E-state index in [1.807, 2.05) is 31.2 Å². The first-order chi connectivity index (χ1) is 9.10. The lowest BCUT2D eigenvalue weighted by Crippen LogP contribution is -2.00. The van der Waals surface area contributed by atoms with Gasteiger partial charge in [-0.15, -0.1) is 0 Å². The Labute approximate surface area is 111 Å². The van der Waals surface area contributed by atoms with Gasteiger partial charge in [0.15, 0.2) is 0 Å². The zero-order chi connectivity index (χ0) is 13.8. The van der Waals surface area contributed by atoms with Crippen LogP contribution in [0.25, 0.3) is 0 Å². The molecular weight excluding hydrogens is 242 g/mol. The molecule has 0 spiro atoms. The third-order valence-corrected chi connectivity index (χ3v) is 2.78. The first-order valence-corrected chi connectivity index (χ1v) is 5.85. The van der Waals surface area contributed by atoms with E-state index < -0.39 is 5.97 Å². The summed E-state index contributed by atoms with van der Waals surface area (Å²) in [4.78, 5) is 11.0. The van der Waals surface area contributed by atoms with Crippen LogP contribution in [0.4, 0.5) is 11.4 Å². The molecule has 2 aromatic carbocycles. The Morgan fingerprint density at radius 1 is 1.16 bits per heavy atom. The van der Waals surface area contributed by atoms with E-state index in [0.29, 0.717) is 11.4 Å². The molecule has 98 valence electrons. The van der Waals surface area contributed by atoms with Crippen LogP contribution in [0, 0.1) is 6.92 Å². The van der Waals surface area contributed by atoms with E-state index >= 15 is 0 Å². The lowest BCUT2D eigenvalue weighted by molar-refractivity contribution is 0.0697. The molecule has 2 rings (SSSR count). The Morgan fingerprint density at radius 2 is 1.84 bits per heavy atom. The molecule has 0 fully saturated rings. The minimum absolute atomic E-state index is 0.218. The van der Waals surface area contributed by atoms with Gasteiger partial charge in [-0.25, -0.2) is 4.79 Å². The smallest absolute Gasteiger partial charge is 0.335 e. The number of methoxy groups -OCH3 is 1. The topological polar surface area (TPSA) is 58.6 Å². The highest BCUT2D eigenvalue weighted by Gasteiger charge is 2.09. The van der Waals surface area contributed by atoms with Gasteiger partial charge in [0.1, 0.15) is 5.75 Å². The first kappa shape index (κ1) is 13.0. The molecule has 0 bridgehead atoms. The molecule has 0 radical (unpaired) electrons. The van der Waals surface area contributed by atoms with Crippen LogP contribution >= 0.6 is 0 Å². The van der Waals surface area contributed by atoms with E-state index in [9.17, 15) is 4.79 Å². The van der Waals surface area contributed by atoms with Crippen molar-refractivity contribution in [2.24, 2.45) is 0 Å². The fourth-order valence-electron chi connectivity index (χ4n) is 1.73. The number of hydrogen-bond acceptors (Lipinski definition) is 3. The van der Waals surface area contributed by atoms with E-state index in [4.69, 9.17) is 9.84 Å². The molecule has 19 heavy (non-hydrogen) atoms. The first-order valence-electron chi connectivity index (χ1n) is 5.85. The highest BCUT2D eigenvalue weighted by molar-refractivity contribution is 5.90. The Balaban J connectivity index is 2.34. The van der Waals surface area contributed by atoms with E-state index in [1.54, 1.807) is 19.2 Å². The van der Waals surface area contributed by atoms with Crippen LogP contribution in [0.15, 0.2) is 42.5 Å². The molecule has 0 aliphatic rings.